The van der Waals surface area contributed by atoms with Gasteiger partial charge in [-0.3, -0.25) is 0 Å². The maximum absolute atomic E-state index is 8.59. The Morgan fingerprint density at radius 1 is 1.70 bits per heavy atom. The largest absolute Gasteiger partial charge is 0.404 e. The average Bonchev–Trinajstić information content (AvgIpc) is 1.90. The van der Waals surface area contributed by atoms with Crippen molar-refractivity contribution in [3.05, 3.63) is 11.8 Å². The smallest absolute Gasteiger partial charge is 0.0967 e. The molecule has 0 spiro atoms. The zero-order valence-corrected chi connectivity index (χ0v) is 6.81. The summed E-state index contributed by atoms with van der Waals surface area (Å²) in [6.07, 6.45) is 2.33. The number of nitriles is 1. The standard InChI is InChI=1S/C8H14N2/c1-4-8(2,3)7(5-9)6-10/h5H,4,9H2,1-3H3. The van der Waals surface area contributed by atoms with E-state index in [0.717, 1.165) is 6.42 Å². The van der Waals surface area contributed by atoms with Crippen LogP contribution in [0.5, 0.6) is 0 Å². The van der Waals surface area contributed by atoms with Crippen LogP contribution >= 0.6 is 0 Å². The van der Waals surface area contributed by atoms with Crippen molar-refractivity contribution in [1.29, 1.82) is 5.26 Å². The van der Waals surface area contributed by atoms with Crippen LogP contribution < -0.4 is 5.73 Å². The van der Waals surface area contributed by atoms with Gasteiger partial charge in [0.15, 0.2) is 0 Å². The maximum atomic E-state index is 8.59. The van der Waals surface area contributed by atoms with Gasteiger partial charge in [-0.2, -0.15) is 5.26 Å². The van der Waals surface area contributed by atoms with Crippen molar-refractivity contribution < 1.29 is 0 Å². The number of allylic oxidation sites excluding steroid dienone is 1. The molecule has 56 valence electrons. The van der Waals surface area contributed by atoms with Crippen LogP contribution in [-0.4, -0.2) is 0 Å². The fourth-order valence-corrected chi connectivity index (χ4v) is 0.605. The predicted octanol–water partition coefficient (Wildman–Crippen LogP) is 1.79. The normalized spacial score (nSPS) is 12.8. The van der Waals surface area contributed by atoms with Gasteiger partial charge < -0.3 is 5.73 Å². The van der Waals surface area contributed by atoms with E-state index < -0.39 is 0 Å². The van der Waals surface area contributed by atoms with Crippen molar-refractivity contribution in [3.8, 4) is 6.07 Å². The number of hydrogen-bond acceptors (Lipinski definition) is 2. The molecule has 0 heterocycles. The first-order valence-corrected chi connectivity index (χ1v) is 3.41. The molecule has 0 fully saturated rings. The fraction of sp³-hybridized carbons (Fsp3) is 0.625. The van der Waals surface area contributed by atoms with Crippen LogP contribution in [0.25, 0.3) is 0 Å². The minimum atomic E-state index is -0.0660. The highest BCUT2D eigenvalue weighted by atomic mass is 14.5. The molecule has 0 atom stereocenters. The molecule has 0 unspecified atom stereocenters. The number of nitrogens with zero attached hydrogens (tertiary/aromatic N) is 1. The summed E-state index contributed by atoms with van der Waals surface area (Å²) in [4.78, 5) is 0. The second kappa shape index (κ2) is 3.26. The summed E-state index contributed by atoms with van der Waals surface area (Å²) in [5, 5.41) is 8.59. The summed E-state index contributed by atoms with van der Waals surface area (Å²) < 4.78 is 0. The van der Waals surface area contributed by atoms with Gasteiger partial charge in [0, 0.05) is 11.6 Å². The van der Waals surface area contributed by atoms with Gasteiger partial charge in [0.1, 0.15) is 0 Å². The summed E-state index contributed by atoms with van der Waals surface area (Å²) >= 11 is 0. The Morgan fingerprint density at radius 3 is 2.30 bits per heavy atom. The van der Waals surface area contributed by atoms with Crippen LogP contribution in [0.3, 0.4) is 0 Å². The molecule has 0 aliphatic carbocycles. The minimum absolute atomic E-state index is 0.0660. The summed E-state index contributed by atoms with van der Waals surface area (Å²) in [5.74, 6) is 0. The Morgan fingerprint density at radius 2 is 2.20 bits per heavy atom. The van der Waals surface area contributed by atoms with Gasteiger partial charge in [-0.15, -0.1) is 0 Å². The quantitative estimate of drug-likeness (QED) is 0.591. The van der Waals surface area contributed by atoms with E-state index in [9.17, 15) is 0 Å². The molecule has 0 amide bonds. The van der Waals surface area contributed by atoms with Gasteiger partial charge in [-0.25, -0.2) is 0 Å². The first kappa shape index (κ1) is 9.03. The second-order valence-corrected chi connectivity index (χ2v) is 2.93. The molecule has 0 saturated heterocycles. The average molecular weight is 138 g/mol. The van der Waals surface area contributed by atoms with Crippen molar-refractivity contribution >= 4 is 0 Å². The number of rotatable bonds is 2. The van der Waals surface area contributed by atoms with Crippen LogP contribution in [-0.2, 0) is 0 Å². The topological polar surface area (TPSA) is 49.8 Å². The van der Waals surface area contributed by atoms with Gasteiger partial charge >= 0.3 is 0 Å². The molecule has 10 heavy (non-hydrogen) atoms. The number of hydrogen-bond donors (Lipinski definition) is 1. The highest BCUT2D eigenvalue weighted by molar-refractivity contribution is 5.26. The Kier molecular flexibility index (Phi) is 2.95. The Labute approximate surface area is 62.3 Å². The molecule has 0 aromatic heterocycles. The first-order valence-electron chi connectivity index (χ1n) is 3.41. The third kappa shape index (κ3) is 1.77. The van der Waals surface area contributed by atoms with E-state index in [0.29, 0.717) is 5.57 Å². The summed E-state index contributed by atoms with van der Waals surface area (Å²) in [6, 6.07) is 2.08. The summed E-state index contributed by atoms with van der Waals surface area (Å²) in [7, 11) is 0. The van der Waals surface area contributed by atoms with Gasteiger partial charge in [0.2, 0.25) is 0 Å². The Hall–Kier alpha value is -0.970. The van der Waals surface area contributed by atoms with Crippen LogP contribution in [0, 0.1) is 16.7 Å². The molecule has 0 saturated carbocycles. The minimum Gasteiger partial charge on any atom is -0.404 e. The third-order valence-electron chi connectivity index (χ3n) is 1.90. The summed E-state index contributed by atoms with van der Waals surface area (Å²) in [5.41, 5.74) is 5.86. The lowest BCUT2D eigenvalue weighted by atomic mass is 9.83. The molecule has 0 aliphatic heterocycles. The van der Waals surface area contributed by atoms with Gasteiger partial charge in [-0.05, 0) is 6.42 Å². The Balaban J connectivity index is 4.48. The third-order valence-corrected chi connectivity index (χ3v) is 1.90. The highest BCUT2D eigenvalue weighted by Gasteiger charge is 2.19. The van der Waals surface area contributed by atoms with Gasteiger partial charge in [0.25, 0.3) is 0 Å². The monoisotopic (exact) mass is 138 g/mol. The Bertz CT molecular complexity index is 172. The van der Waals surface area contributed by atoms with E-state index >= 15 is 0 Å². The van der Waals surface area contributed by atoms with Gasteiger partial charge in [0.05, 0.1) is 11.6 Å². The van der Waals surface area contributed by atoms with Crippen LogP contribution in [0.2, 0.25) is 0 Å². The van der Waals surface area contributed by atoms with Crippen LogP contribution in [0.1, 0.15) is 27.2 Å². The highest BCUT2D eigenvalue weighted by Crippen LogP contribution is 2.28. The molecule has 0 bridgehead atoms. The maximum Gasteiger partial charge on any atom is 0.0967 e. The van der Waals surface area contributed by atoms with Crippen molar-refractivity contribution in [2.45, 2.75) is 27.2 Å². The molecule has 2 heteroatoms. The molecule has 0 aromatic carbocycles. The van der Waals surface area contributed by atoms with Gasteiger partial charge in [-0.1, -0.05) is 20.8 Å². The molecule has 0 aliphatic rings. The SMILES string of the molecule is CCC(C)(C)C(C#N)=CN. The zero-order valence-electron chi connectivity index (χ0n) is 6.81. The lowest BCUT2D eigenvalue weighted by Crippen LogP contribution is -2.13. The summed E-state index contributed by atoms with van der Waals surface area (Å²) in [6.45, 7) is 6.06. The fourth-order valence-electron chi connectivity index (χ4n) is 0.605. The molecular weight excluding hydrogens is 124 g/mol. The zero-order chi connectivity index (χ0) is 8.20. The molecule has 0 radical (unpaired) electrons. The lowest BCUT2D eigenvalue weighted by Gasteiger charge is -2.20. The van der Waals surface area contributed by atoms with Crippen LogP contribution in [0.15, 0.2) is 11.8 Å². The van der Waals surface area contributed by atoms with E-state index in [2.05, 4.69) is 6.07 Å². The second-order valence-electron chi connectivity index (χ2n) is 2.93. The van der Waals surface area contributed by atoms with E-state index in [4.69, 9.17) is 11.0 Å². The van der Waals surface area contributed by atoms with Crippen molar-refractivity contribution in [3.63, 3.8) is 0 Å². The predicted molar refractivity (Wildman–Crippen MR) is 42.0 cm³/mol. The molecule has 0 aromatic rings. The van der Waals surface area contributed by atoms with E-state index in [1.54, 1.807) is 0 Å². The lowest BCUT2D eigenvalue weighted by molar-refractivity contribution is 0.441. The van der Waals surface area contributed by atoms with Crippen LogP contribution in [0.4, 0.5) is 0 Å². The van der Waals surface area contributed by atoms with E-state index in [-0.39, 0.29) is 5.41 Å². The molecule has 2 N–H and O–H groups in total. The van der Waals surface area contributed by atoms with Crippen molar-refractivity contribution in [2.75, 3.05) is 0 Å². The molecule has 0 rings (SSSR count). The molecule has 2 nitrogen and oxygen atoms in total. The van der Waals surface area contributed by atoms with Crippen molar-refractivity contribution in [1.82, 2.24) is 0 Å². The van der Waals surface area contributed by atoms with Crippen molar-refractivity contribution in [2.24, 2.45) is 11.1 Å². The first-order chi connectivity index (χ1) is 4.58. The number of nitrogens with two attached hydrogens (primary N) is 1. The molecular formula is C8H14N2. The van der Waals surface area contributed by atoms with E-state index in [1.807, 2.05) is 20.8 Å². The van der Waals surface area contributed by atoms with E-state index in [1.165, 1.54) is 6.20 Å².